The van der Waals surface area contributed by atoms with E-state index in [1.165, 1.54) is 11.8 Å². The Morgan fingerprint density at radius 2 is 2.06 bits per heavy atom. The molecule has 5 nitrogen and oxygen atoms in total. The van der Waals surface area contributed by atoms with E-state index < -0.39 is 17.9 Å². The Morgan fingerprint density at radius 1 is 1.39 bits per heavy atom. The van der Waals surface area contributed by atoms with E-state index in [-0.39, 0.29) is 13.0 Å². The van der Waals surface area contributed by atoms with Crippen molar-refractivity contribution in [3.05, 3.63) is 29.8 Å². The summed E-state index contributed by atoms with van der Waals surface area (Å²) in [6, 6.07) is 5.89. The van der Waals surface area contributed by atoms with Crippen molar-refractivity contribution < 1.29 is 19.8 Å². The Hall–Kier alpha value is -1.53. The lowest BCUT2D eigenvalue weighted by Gasteiger charge is -2.14. The summed E-state index contributed by atoms with van der Waals surface area (Å²) in [5.74, 6) is -1.60. The molecule has 0 unspecified atom stereocenters. The van der Waals surface area contributed by atoms with Gasteiger partial charge in [-0.2, -0.15) is 0 Å². The minimum absolute atomic E-state index is 0.0114. The number of carbonyl (C=O) groups is 2. The highest BCUT2D eigenvalue weighted by Crippen LogP contribution is 2.19. The van der Waals surface area contributed by atoms with Crippen molar-refractivity contribution in [2.45, 2.75) is 17.4 Å². The molecule has 1 aromatic rings. The first-order chi connectivity index (χ1) is 8.60. The fourth-order valence-electron chi connectivity index (χ4n) is 1.45. The van der Waals surface area contributed by atoms with Crippen LogP contribution in [0.15, 0.2) is 29.2 Å². The summed E-state index contributed by atoms with van der Waals surface area (Å²) in [6.45, 7) is -0.290. The van der Waals surface area contributed by atoms with Crippen LogP contribution in [0.3, 0.4) is 0 Å². The third kappa shape index (κ3) is 3.75. The van der Waals surface area contributed by atoms with Gasteiger partial charge in [0, 0.05) is 17.9 Å². The van der Waals surface area contributed by atoms with Gasteiger partial charge in [0.25, 0.3) is 5.91 Å². The number of benzene rings is 1. The van der Waals surface area contributed by atoms with Crippen LogP contribution in [0.4, 0.5) is 0 Å². The Morgan fingerprint density at radius 3 is 2.61 bits per heavy atom. The molecule has 0 spiro atoms. The van der Waals surface area contributed by atoms with Crippen LogP contribution in [0, 0.1) is 0 Å². The second-order valence-corrected chi connectivity index (χ2v) is 4.42. The fourth-order valence-corrected chi connectivity index (χ4v) is 2.05. The second-order valence-electron chi connectivity index (χ2n) is 3.58. The zero-order valence-electron chi connectivity index (χ0n) is 9.92. The lowest BCUT2D eigenvalue weighted by atomic mass is 10.1. The number of nitrogens with one attached hydrogen (secondary N) is 1. The number of carboxylic acid groups (broad SMARTS) is 1. The number of rotatable bonds is 6. The van der Waals surface area contributed by atoms with E-state index in [9.17, 15) is 9.59 Å². The maximum atomic E-state index is 11.9. The number of amides is 1. The first-order valence-electron chi connectivity index (χ1n) is 5.37. The number of carboxylic acids is 1. The molecular weight excluding hydrogens is 254 g/mol. The molecule has 0 aliphatic carbocycles. The van der Waals surface area contributed by atoms with Crippen LogP contribution in [-0.2, 0) is 4.79 Å². The monoisotopic (exact) mass is 269 g/mol. The Labute approximate surface area is 109 Å². The summed E-state index contributed by atoms with van der Waals surface area (Å²) in [5.41, 5.74) is 0.439. The van der Waals surface area contributed by atoms with Crippen molar-refractivity contribution in [3.8, 4) is 0 Å². The molecule has 0 aliphatic rings. The molecule has 0 saturated heterocycles. The zero-order valence-corrected chi connectivity index (χ0v) is 10.7. The largest absolute Gasteiger partial charge is 0.480 e. The molecule has 0 radical (unpaired) electrons. The second kappa shape index (κ2) is 7.03. The molecule has 18 heavy (non-hydrogen) atoms. The van der Waals surface area contributed by atoms with Crippen LogP contribution in [0.2, 0.25) is 0 Å². The van der Waals surface area contributed by atoms with Gasteiger partial charge in [-0.25, -0.2) is 4.79 Å². The Balaban J connectivity index is 2.83. The van der Waals surface area contributed by atoms with E-state index in [2.05, 4.69) is 5.32 Å². The number of carbonyl (C=O) groups excluding carboxylic acids is 1. The predicted octanol–water partition coefficient (Wildman–Crippen LogP) is 0.974. The summed E-state index contributed by atoms with van der Waals surface area (Å²) in [7, 11) is 0. The molecule has 1 amide bonds. The van der Waals surface area contributed by atoms with Crippen LogP contribution in [-0.4, -0.2) is 41.0 Å². The molecule has 1 aromatic carbocycles. The fraction of sp³-hybridized carbons (Fsp3) is 0.333. The number of hydrogen-bond donors (Lipinski definition) is 3. The van der Waals surface area contributed by atoms with Crippen molar-refractivity contribution in [1.82, 2.24) is 5.32 Å². The summed E-state index contributed by atoms with van der Waals surface area (Å²) in [5, 5.41) is 20.0. The smallest absolute Gasteiger partial charge is 0.326 e. The molecular formula is C12H15NO4S. The lowest BCUT2D eigenvalue weighted by Crippen LogP contribution is -2.41. The SMILES string of the molecule is CSc1ccccc1C(=O)N[C@@H](CCO)C(=O)O. The molecule has 6 heteroatoms. The molecule has 0 saturated carbocycles. The van der Waals surface area contributed by atoms with Crippen molar-refractivity contribution >= 4 is 23.6 Å². The van der Waals surface area contributed by atoms with Gasteiger partial charge in [-0.3, -0.25) is 4.79 Å². The van der Waals surface area contributed by atoms with E-state index in [0.29, 0.717) is 5.56 Å². The summed E-state index contributed by atoms with van der Waals surface area (Å²) < 4.78 is 0. The molecule has 0 aromatic heterocycles. The van der Waals surface area contributed by atoms with Gasteiger partial charge in [0.15, 0.2) is 0 Å². The first-order valence-corrected chi connectivity index (χ1v) is 6.60. The van der Waals surface area contributed by atoms with Crippen molar-refractivity contribution in [1.29, 1.82) is 0 Å². The van der Waals surface area contributed by atoms with Gasteiger partial charge in [0.2, 0.25) is 0 Å². The van der Waals surface area contributed by atoms with Gasteiger partial charge in [-0.15, -0.1) is 11.8 Å². The molecule has 0 fully saturated rings. The summed E-state index contributed by atoms with van der Waals surface area (Å²) in [6.07, 6.45) is 1.83. The van der Waals surface area contributed by atoms with E-state index in [4.69, 9.17) is 10.2 Å². The highest BCUT2D eigenvalue weighted by Gasteiger charge is 2.21. The van der Waals surface area contributed by atoms with E-state index in [1.807, 2.05) is 12.3 Å². The van der Waals surface area contributed by atoms with Crippen LogP contribution in [0.25, 0.3) is 0 Å². The zero-order chi connectivity index (χ0) is 13.5. The molecule has 1 rings (SSSR count). The number of aliphatic hydroxyl groups is 1. The lowest BCUT2D eigenvalue weighted by molar-refractivity contribution is -0.139. The Bertz CT molecular complexity index is 436. The van der Waals surface area contributed by atoms with Crippen molar-refractivity contribution in [2.75, 3.05) is 12.9 Å². The highest BCUT2D eigenvalue weighted by atomic mass is 32.2. The molecule has 1 atom stereocenters. The third-order valence-electron chi connectivity index (χ3n) is 2.37. The quantitative estimate of drug-likeness (QED) is 0.670. The molecule has 98 valence electrons. The molecule has 0 bridgehead atoms. The number of thioether (sulfide) groups is 1. The first kappa shape index (κ1) is 14.5. The number of hydrogen-bond acceptors (Lipinski definition) is 4. The molecule has 0 heterocycles. The summed E-state index contributed by atoms with van der Waals surface area (Å²) >= 11 is 1.41. The topological polar surface area (TPSA) is 86.6 Å². The van der Waals surface area contributed by atoms with E-state index in [0.717, 1.165) is 4.90 Å². The van der Waals surface area contributed by atoms with Gasteiger partial charge >= 0.3 is 5.97 Å². The van der Waals surface area contributed by atoms with Gasteiger partial charge in [0.1, 0.15) is 6.04 Å². The Kier molecular flexibility index (Phi) is 5.67. The van der Waals surface area contributed by atoms with E-state index >= 15 is 0 Å². The van der Waals surface area contributed by atoms with Crippen LogP contribution >= 0.6 is 11.8 Å². The minimum Gasteiger partial charge on any atom is -0.480 e. The third-order valence-corrected chi connectivity index (χ3v) is 3.17. The molecule has 3 N–H and O–H groups in total. The minimum atomic E-state index is -1.15. The highest BCUT2D eigenvalue weighted by molar-refractivity contribution is 7.98. The van der Waals surface area contributed by atoms with Gasteiger partial charge in [-0.1, -0.05) is 12.1 Å². The standard InChI is InChI=1S/C12H15NO4S/c1-18-10-5-3-2-4-8(10)11(15)13-9(6-7-14)12(16)17/h2-5,9,14H,6-7H2,1H3,(H,13,15)(H,16,17)/t9-/m0/s1. The molecule has 0 aliphatic heterocycles. The predicted molar refractivity (Wildman–Crippen MR) is 68.8 cm³/mol. The number of aliphatic carboxylic acids is 1. The van der Waals surface area contributed by atoms with Gasteiger partial charge in [-0.05, 0) is 18.4 Å². The van der Waals surface area contributed by atoms with Gasteiger partial charge in [0.05, 0.1) is 5.56 Å². The van der Waals surface area contributed by atoms with E-state index in [1.54, 1.807) is 18.2 Å². The average molecular weight is 269 g/mol. The van der Waals surface area contributed by atoms with Crippen molar-refractivity contribution in [3.63, 3.8) is 0 Å². The summed E-state index contributed by atoms with van der Waals surface area (Å²) in [4.78, 5) is 23.6. The maximum absolute atomic E-state index is 11.9. The van der Waals surface area contributed by atoms with Crippen LogP contribution < -0.4 is 5.32 Å². The van der Waals surface area contributed by atoms with Crippen molar-refractivity contribution in [2.24, 2.45) is 0 Å². The number of aliphatic hydroxyl groups excluding tert-OH is 1. The van der Waals surface area contributed by atoms with Crippen LogP contribution in [0.5, 0.6) is 0 Å². The normalized spacial score (nSPS) is 11.9. The van der Waals surface area contributed by atoms with Gasteiger partial charge < -0.3 is 15.5 Å². The average Bonchev–Trinajstić information content (AvgIpc) is 2.37. The maximum Gasteiger partial charge on any atom is 0.326 e. The van der Waals surface area contributed by atoms with Crippen LogP contribution in [0.1, 0.15) is 16.8 Å².